The first-order valence-electron chi connectivity index (χ1n) is 14.8. The maximum Gasteiger partial charge on any atom is 0.250 e. The van der Waals surface area contributed by atoms with Crippen LogP contribution in [-0.4, -0.2) is 88.3 Å². The van der Waals surface area contributed by atoms with Crippen molar-refractivity contribution in [3.63, 3.8) is 0 Å². The van der Waals surface area contributed by atoms with Gasteiger partial charge < -0.3 is 21.1 Å². The standard InChI is InChI=1S/C30H48Cl2N6O2/c1-5-7-12-34-30(40)21(3)28(33)35-29(22(4)31)37-15-16-38(26(6-2)19-37)27-10-13-36(14-11-27)18-23-8-9-25(32)17-24(23)20-39/h8-9,17,22,26-27,39H,5-7,10-16,18-20,33H2,1-4H3,(H,34,40)/b28-21+,35-29+/t22?,26-/m0/s1. The second-order valence-corrected chi connectivity index (χ2v) is 12.1. The van der Waals surface area contributed by atoms with E-state index < -0.39 is 0 Å². The molecule has 8 nitrogen and oxygen atoms in total. The van der Waals surface area contributed by atoms with Gasteiger partial charge in [-0.3, -0.25) is 14.6 Å². The van der Waals surface area contributed by atoms with Gasteiger partial charge in [0.05, 0.1) is 17.6 Å². The fourth-order valence-electron chi connectivity index (χ4n) is 5.71. The predicted molar refractivity (Wildman–Crippen MR) is 166 cm³/mol. The van der Waals surface area contributed by atoms with Gasteiger partial charge >= 0.3 is 0 Å². The maximum atomic E-state index is 12.5. The van der Waals surface area contributed by atoms with Crippen LogP contribution < -0.4 is 11.1 Å². The first kappa shape index (κ1) is 32.7. The van der Waals surface area contributed by atoms with Crippen molar-refractivity contribution in [3.05, 3.63) is 45.7 Å². The second kappa shape index (κ2) is 16.0. The second-order valence-electron chi connectivity index (χ2n) is 11.0. The van der Waals surface area contributed by atoms with Crippen molar-refractivity contribution in [2.24, 2.45) is 10.7 Å². The molecule has 0 radical (unpaired) electrons. The molecule has 3 rings (SSSR count). The van der Waals surface area contributed by atoms with Crippen molar-refractivity contribution in [1.82, 2.24) is 20.0 Å². The Morgan fingerprint density at radius 1 is 1.20 bits per heavy atom. The fourth-order valence-corrected chi connectivity index (χ4v) is 6.10. The van der Waals surface area contributed by atoms with Crippen LogP contribution in [0.4, 0.5) is 0 Å². The number of nitrogens with zero attached hydrogens (tertiary/aromatic N) is 4. The van der Waals surface area contributed by atoms with E-state index in [9.17, 15) is 9.90 Å². The van der Waals surface area contributed by atoms with E-state index in [4.69, 9.17) is 28.9 Å². The highest BCUT2D eigenvalue weighted by Gasteiger charge is 2.34. The van der Waals surface area contributed by atoms with E-state index in [0.29, 0.717) is 29.2 Å². The zero-order valence-electron chi connectivity index (χ0n) is 24.6. The van der Waals surface area contributed by atoms with Gasteiger partial charge in [-0.25, -0.2) is 4.99 Å². The molecule has 2 aliphatic heterocycles. The lowest BCUT2D eigenvalue weighted by Crippen LogP contribution is -2.60. The first-order chi connectivity index (χ1) is 19.2. The van der Waals surface area contributed by atoms with E-state index in [0.717, 1.165) is 88.3 Å². The number of unbranched alkanes of at least 4 members (excludes halogenated alkanes) is 1. The van der Waals surface area contributed by atoms with Crippen LogP contribution in [0.15, 0.2) is 34.6 Å². The van der Waals surface area contributed by atoms with Gasteiger partial charge in [0.1, 0.15) is 11.7 Å². The number of rotatable bonds is 11. The molecular formula is C30H48Cl2N6O2. The number of carbonyl (C=O) groups excluding carboxylic acids is 1. The summed E-state index contributed by atoms with van der Waals surface area (Å²) < 4.78 is 0. The number of halogens is 2. The van der Waals surface area contributed by atoms with Crippen molar-refractivity contribution >= 4 is 34.9 Å². The van der Waals surface area contributed by atoms with Gasteiger partial charge in [0.2, 0.25) is 0 Å². The molecule has 0 aliphatic carbocycles. The number of aliphatic hydroxyl groups is 1. The molecule has 0 spiro atoms. The molecule has 1 aromatic carbocycles. The van der Waals surface area contributed by atoms with Gasteiger partial charge in [0.25, 0.3) is 5.91 Å². The highest BCUT2D eigenvalue weighted by Crippen LogP contribution is 2.26. The Morgan fingerprint density at radius 3 is 2.55 bits per heavy atom. The molecule has 0 saturated carbocycles. The van der Waals surface area contributed by atoms with Crippen LogP contribution in [0.5, 0.6) is 0 Å². The Bertz CT molecular complexity index is 1040. The number of nitrogens with one attached hydrogen (secondary N) is 1. The molecule has 2 fully saturated rings. The number of alkyl halides is 1. The third-order valence-electron chi connectivity index (χ3n) is 8.21. The van der Waals surface area contributed by atoms with Crippen LogP contribution in [0.25, 0.3) is 0 Å². The Morgan fingerprint density at radius 2 is 1.93 bits per heavy atom. The Balaban J connectivity index is 1.61. The molecule has 4 N–H and O–H groups in total. The minimum absolute atomic E-state index is 0.00813. The third-order valence-corrected chi connectivity index (χ3v) is 8.64. The van der Waals surface area contributed by atoms with Crippen LogP contribution in [0, 0.1) is 0 Å². The normalized spacial score (nSPS) is 21.3. The van der Waals surface area contributed by atoms with Gasteiger partial charge in [0.15, 0.2) is 0 Å². The maximum absolute atomic E-state index is 12.5. The molecule has 2 aliphatic rings. The molecule has 0 bridgehead atoms. The van der Waals surface area contributed by atoms with E-state index in [1.54, 1.807) is 6.92 Å². The largest absolute Gasteiger partial charge is 0.392 e. The fraction of sp³-hybridized carbons (Fsp3) is 0.667. The average molecular weight is 596 g/mol. The highest BCUT2D eigenvalue weighted by atomic mass is 35.5. The summed E-state index contributed by atoms with van der Waals surface area (Å²) in [4.78, 5) is 24.6. The number of aliphatic imine (C=N–C) groups is 1. The van der Waals surface area contributed by atoms with Crippen molar-refractivity contribution in [3.8, 4) is 0 Å². The Labute approximate surface area is 250 Å². The molecule has 2 atom stereocenters. The number of amides is 1. The summed E-state index contributed by atoms with van der Waals surface area (Å²) >= 11 is 12.7. The molecule has 40 heavy (non-hydrogen) atoms. The number of nitrogens with two attached hydrogens (primary N) is 1. The third kappa shape index (κ3) is 8.83. The molecule has 2 heterocycles. The minimum atomic E-state index is -0.321. The molecule has 1 unspecified atom stereocenters. The van der Waals surface area contributed by atoms with Crippen molar-refractivity contribution in [1.29, 1.82) is 0 Å². The number of hydrogen-bond donors (Lipinski definition) is 3. The van der Waals surface area contributed by atoms with E-state index in [1.165, 1.54) is 0 Å². The summed E-state index contributed by atoms with van der Waals surface area (Å²) in [6.45, 7) is 14.1. The predicted octanol–water partition coefficient (Wildman–Crippen LogP) is 4.33. The monoisotopic (exact) mass is 594 g/mol. The van der Waals surface area contributed by atoms with E-state index >= 15 is 0 Å². The van der Waals surface area contributed by atoms with Crippen molar-refractivity contribution < 1.29 is 9.90 Å². The Hall–Kier alpha value is -1.84. The number of piperazine rings is 1. The highest BCUT2D eigenvalue weighted by molar-refractivity contribution is 6.31. The van der Waals surface area contributed by atoms with Crippen LogP contribution in [-0.2, 0) is 17.9 Å². The van der Waals surface area contributed by atoms with E-state index in [1.807, 2.05) is 25.1 Å². The summed E-state index contributed by atoms with van der Waals surface area (Å²) in [6, 6.07) is 6.73. The van der Waals surface area contributed by atoms with E-state index in [2.05, 4.69) is 38.9 Å². The van der Waals surface area contributed by atoms with Gasteiger partial charge in [-0.1, -0.05) is 37.9 Å². The quantitative estimate of drug-likeness (QED) is 0.116. The number of likely N-dealkylation sites (tertiary alicyclic amines) is 1. The zero-order chi connectivity index (χ0) is 29.2. The van der Waals surface area contributed by atoms with Crippen LogP contribution in [0.2, 0.25) is 5.02 Å². The molecule has 1 amide bonds. The number of hydrogen-bond acceptors (Lipinski definition) is 6. The average Bonchev–Trinajstić information content (AvgIpc) is 2.96. The number of piperidine rings is 1. The summed E-state index contributed by atoms with van der Waals surface area (Å²) in [6.07, 6.45) is 5.22. The smallest absolute Gasteiger partial charge is 0.250 e. The van der Waals surface area contributed by atoms with Crippen LogP contribution >= 0.6 is 23.2 Å². The molecule has 1 aromatic rings. The lowest BCUT2D eigenvalue weighted by Gasteiger charge is -2.48. The summed E-state index contributed by atoms with van der Waals surface area (Å²) in [7, 11) is 0. The summed E-state index contributed by atoms with van der Waals surface area (Å²) in [5, 5.41) is 13.0. The summed E-state index contributed by atoms with van der Waals surface area (Å²) in [5.41, 5.74) is 8.76. The topological polar surface area (TPSA) is 97.4 Å². The van der Waals surface area contributed by atoms with Crippen molar-refractivity contribution in [2.75, 3.05) is 39.3 Å². The number of benzene rings is 1. The molecule has 0 aromatic heterocycles. The van der Waals surface area contributed by atoms with Gasteiger partial charge in [-0.05, 0) is 75.9 Å². The Kier molecular flexibility index (Phi) is 13.0. The number of aliphatic hydroxyl groups excluding tert-OH is 1. The molecule has 224 valence electrons. The van der Waals surface area contributed by atoms with Gasteiger partial charge in [-0.2, -0.15) is 0 Å². The lowest BCUT2D eigenvalue weighted by atomic mass is 9.97. The van der Waals surface area contributed by atoms with Crippen molar-refractivity contribution in [2.45, 2.75) is 90.4 Å². The molecule has 2 saturated heterocycles. The van der Waals surface area contributed by atoms with Crippen LogP contribution in [0.3, 0.4) is 0 Å². The number of amidine groups is 1. The zero-order valence-corrected chi connectivity index (χ0v) is 26.1. The molecular weight excluding hydrogens is 547 g/mol. The van der Waals surface area contributed by atoms with Crippen LogP contribution in [0.1, 0.15) is 70.9 Å². The summed E-state index contributed by atoms with van der Waals surface area (Å²) in [5.74, 6) is 0.780. The lowest BCUT2D eigenvalue weighted by molar-refractivity contribution is -0.117. The minimum Gasteiger partial charge on any atom is -0.392 e. The first-order valence-corrected chi connectivity index (χ1v) is 15.6. The molecule has 10 heteroatoms. The van der Waals surface area contributed by atoms with Gasteiger partial charge in [0, 0.05) is 49.8 Å². The van der Waals surface area contributed by atoms with E-state index in [-0.39, 0.29) is 23.7 Å². The van der Waals surface area contributed by atoms with Gasteiger partial charge in [-0.15, -0.1) is 11.6 Å². The number of carbonyl (C=O) groups is 1. The SMILES string of the molecule is CCCCNC(=O)/C(C)=C(N)/N=C(\C(C)Cl)N1CCN(C2CCN(Cc3ccc(Cl)cc3CO)CC2)[C@@H](CC)C1.